The van der Waals surface area contributed by atoms with E-state index in [1.807, 2.05) is 24.3 Å². The minimum Gasteiger partial charge on any atom is -0.490 e. The second-order valence-electron chi connectivity index (χ2n) is 11.0. The highest BCUT2D eigenvalue weighted by atomic mass is 16.5. The molecule has 0 spiro atoms. The summed E-state index contributed by atoms with van der Waals surface area (Å²) in [6.07, 6.45) is 11.9. The summed E-state index contributed by atoms with van der Waals surface area (Å²) < 4.78 is 6.16. The first-order valence-electron chi connectivity index (χ1n) is 13.5. The third kappa shape index (κ3) is 3.93. The van der Waals surface area contributed by atoms with E-state index in [0.29, 0.717) is 17.7 Å². The van der Waals surface area contributed by atoms with Gasteiger partial charge >= 0.3 is 0 Å². The molecular formula is C30H37N3O. The normalized spacial score (nSPS) is 30.3. The lowest BCUT2D eigenvalue weighted by Gasteiger charge is -2.53. The number of hydrogen-bond acceptors (Lipinski definition) is 4. The van der Waals surface area contributed by atoms with Crippen LogP contribution in [0, 0.1) is 23.2 Å². The lowest BCUT2D eigenvalue weighted by Crippen LogP contribution is -2.60. The summed E-state index contributed by atoms with van der Waals surface area (Å²) >= 11 is 0. The molecule has 1 atom stereocenters. The molecule has 0 amide bonds. The minimum absolute atomic E-state index is 0.193. The fourth-order valence-corrected chi connectivity index (χ4v) is 7.54. The Kier molecular flexibility index (Phi) is 6.09. The van der Waals surface area contributed by atoms with Crippen molar-refractivity contribution in [3.8, 4) is 11.8 Å². The van der Waals surface area contributed by atoms with Gasteiger partial charge in [-0.15, -0.1) is 0 Å². The summed E-state index contributed by atoms with van der Waals surface area (Å²) in [6.45, 7) is 3.57. The molecule has 0 bridgehead atoms. The number of ether oxygens (including phenoxy) is 1. The van der Waals surface area contributed by atoms with Crippen LogP contribution in [0.2, 0.25) is 0 Å². The monoisotopic (exact) mass is 455 g/mol. The number of hydrogen-bond donors (Lipinski definition) is 1. The standard InChI is InChI=1S/C30H37N3O/c31-21-22-9-11-27(12-10-22)34-28-19-26(20-28)33-17-14-25(15-18-33)30(24-6-2-3-7-24)29-8-4-1-5-23(29)13-16-32-30/h1,4-5,8-12,24-26,28,32H,2-3,6-7,13-20H2. The first kappa shape index (κ1) is 22.1. The number of benzene rings is 2. The van der Waals surface area contributed by atoms with Gasteiger partial charge in [0, 0.05) is 31.0 Å². The van der Waals surface area contributed by atoms with E-state index in [1.165, 1.54) is 58.0 Å². The molecule has 1 N–H and O–H groups in total. The van der Waals surface area contributed by atoms with Crippen LogP contribution < -0.4 is 10.1 Å². The number of nitrogens with one attached hydrogen (secondary N) is 1. The van der Waals surface area contributed by atoms with Crippen molar-refractivity contribution in [3.05, 3.63) is 65.2 Å². The highest BCUT2D eigenvalue weighted by Crippen LogP contribution is 2.51. The summed E-state index contributed by atoms with van der Waals surface area (Å²) in [4.78, 5) is 2.74. The van der Waals surface area contributed by atoms with E-state index in [-0.39, 0.29) is 5.54 Å². The molecule has 3 fully saturated rings. The summed E-state index contributed by atoms with van der Waals surface area (Å²) in [7, 11) is 0. The molecule has 1 unspecified atom stereocenters. The Bertz CT molecular complexity index is 1020. The second kappa shape index (κ2) is 9.36. The maximum Gasteiger partial charge on any atom is 0.119 e. The molecule has 2 aromatic rings. The lowest BCUT2D eigenvalue weighted by atomic mass is 9.63. The van der Waals surface area contributed by atoms with Gasteiger partial charge in [-0.25, -0.2) is 0 Å². The van der Waals surface area contributed by atoms with E-state index in [4.69, 9.17) is 10.00 Å². The van der Waals surface area contributed by atoms with Crippen molar-refractivity contribution in [1.29, 1.82) is 5.26 Å². The molecule has 0 aromatic heterocycles. The van der Waals surface area contributed by atoms with Gasteiger partial charge in [0.2, 0.25) is 0 Å². The smallest absolute Gasteiger partial charge is 0.119 e. The molecule has 34 heavy (non-hydrogen) atoms. The van der Waals surface area contributed by atoms with Crippen molar-refractivity contribution in [3.63, 3.8) is 0 Å². The SMILES string of the molecule is N#Cc1ccc(OC2CC(N3CCC(C4(C5CCCC5)NCCc5ccccc54)CC3)C2)cc1. The average molecular weight is 456 g/mol. The van der Waals surface area contributed by atoms with Crippen LogP contribution >= 0.6 is 0 Å². The predicted octanol–water partition coefficient (Wildman–Crippen LogP) is 5.41. The van der Waals surface area contributed by atoms with Gasteiger partial charge in [-0.1, -0.05) is 37.1 Å². The van der Waals surface area contributed by atoms with Crippen molar-refractivity contribution in [2.45, 2.75) is 75.5 Å². The van der Waals surface area contributed by atoms with Crippen LogP contribution in [0.15, 0.2) is 48.5 Å². The van der Waals surface area contributed by atoms with Crippen LogP contribution in [-0.2, 0) is 12.0 Å². The van der Waals surface area contributed by atoms with Crippen LogP contribution in [0.25, 0.3) is 0 Å². The van der Waals surface area contributed by atoms with Crippen molar-refractivity contribution in [1.82, 2.24) is 10.2 Å². The summed E-state index contributed by atoms with van der Waals surface area (Å²) in [5.74, 6) is 2.42. The zero-order chi connectivity index (χ0) is 23.0. The number of piperidine rings is 1. The maximum atomic E-state index is 8.97. The van der Waals surface area contributed by atoms with Crippen molar-refractivity contribution in [2.75, 3.05) is 19.6 Å². The van der Waals surface area contributed by atoms with Gasteiger partial charge in [-0.05, 0) is 92.4 Å². The maximum absolute atomic E-state index is 8.97. The first-order valence-corrected chi connectivity index (χ1v) is 13.5. The average Bonchev–Trinajstić information content (AvgIpc) is 3.42. The largest absolute Gasteiger partial charge is 0.490 e. The molecule has 0 radical (unpaired) electrons. The lowest BCUT2D eigenvalue weighted by molar-refractivity contribution is -0.0170. The molecule has 2 saturated carbocycles. The van der Waals surface area contributed by atoms with Crippen LogP contribution in [0.4, 0.5) is 0 Å². The van der Waals surface area contributed by atoms with Gasteiger partial charge in [-0.3, -0.25) is 0 Å². The van der Waals surface area contributed by atoms with E-state index >= 15 is 0 Å². The first-order chi connectivity index (χ1) is 16.8. The van der Waals surface area contributed by atoms with Gasteiger partial charge in [-0.2, -0.15) is 5.26 Å². The Balaban J connectivity index is 1.09. The second-order valence-corrected chi connectivity index (χ2v) is 11.0. The molecule has 178 valence electrons. The molecule has 2 aliphatic carbocycles. The van der Waals surface area contributed by atoms with E-state index < -0.39 is 0 Å². The zero-order valence-electron chi connectivity index (χ0n) is 20.2. The van der Waals surface area contributed by atoms with Gasteiger partial charge in [0.15, 0.2) is 0 Å². The number of likely N-dealkylation sites (tertiary alicyclic amines) is 1. The Morgan fingerprint density at radius 3 is 2.35 bits per heavy atom. The van der Waals surface area contributed by atoms with Gasteiger partial charge < -0.3 is 15.0 Å². The Morgan fingerprint density at radius 2 is 1.62 bits per heavy atom. The van der Waals surface area contributed by atoms with Crippen molar-refractivity contribution >= 4 is 0 Å². The van der Waals surface area contributed by atoms with Crippen molar-refractivity contribution in [2.24, 2.45) is 11.8 Å². The number of fused-ring (bicyclic) bond motifs is 1. The van der Waals surface area contributed by atoms with Crippen LogP contribution in [0.1, 0.15) is 68.1 Å². The minimum atomic E-state index is 0.193. The molecule has 4 heteroatoms. The van der Waals surface area contributed by atoms with Crippen LogP contribution in [-0.4, -0.2) is 36.7 Å². The van der Waals surface area contributed by atoms with Crippen molar-refractivity contribution < 1.29 is 4.74 Å². The summed E-state index contributed by atoms with van der Waals surface area (Å²) in [5.41, 5.74) is 4.11. The highest BCUT2D eigenvalue weighted by Gasteiger charge is 2.50. The summed E-state index contributed by atoms with van der Waals surface area (Å²) in [6, 6.07) is 19.7. The van der Waals surface area contributed by atoms with Gasteiger partial charge in [0.05, 0.1) is 11.6 Å². The fourth-order valence-electron chi connectivity index (χ4n) is 7.54. The molecule has 2 aliphatic heterocycles. The van der Waals surface area contributed by atoms with Crippen LogP contribution in [0.5, 0.6) is 5.75 Å². The Labute approximate surface area is 204 Å². The quantitative estimate of drug-likeness (QED) is 0.655. The topological polar surface area (TPSA) is 48.3 Å². The van der Waals surface area contributed by atoms with E-state index in [9.17, 15) is 0 Å². The third-order valence-electron chi connectivity index (χ3n) is 9.32. The zero-order valence-corrected chi connectivity index (χ0v) is 20.2. The number of nitrogens with zero attached hydrogens (tertiary/aromatic N) is 2. The van der Waals surface area contributed by atoms with E-state index in [2.05, 4.69) is 40.6 Å². The van der Waals surface area contributed by atoms with E-state index in [1.54, 1.807) is 11.1 Å². The van der Waals surface area contributed by atoms with Gasteiger partial charge in [0.1, 0.15) is 11.9 Å². The third-order valence-corrected chi connectivity index (χ3v) is 9.32. The molecule has 4 aliphatic rings. The molecule has 1 saturated heterocycles. The fraction of sp³-hybridized carbons (Fsp3) is 0.567. The number of nitriles is 1. The molecular weight excluding hydrogens is 418 g/mol. The van der Waals surface area contributed by atoms with E-state index in [0.717, 1.165) is 37.0 Å². The number of rotatable bonds is 5. The Hall–Kier alpha value is -2.35. The Morgan fingerprint density at radius 1 is 0.912 bits per heavy atom. The molecule has 2 heterocycles. The van der Waals surface area contributed by atoms with Crippen LogP contribution in [0.3, 0.4) is 0 Å². The highest BCUT2D eigenvalue weighted by molar-refractivity contribution is 5.38. The molecule has 2 aromatic carbocycles. The molecule has 6 rings (SSSR count). The summed E-state index contributed by atoms with van der Waals surface area (Å²) in [5, 5.41) is 13.1. The predicted molar refractivity (Wildman–Crippen MR) is 135 cm³/mol. The van der Waals surface area contributed by atoms with Gasteiger partial charge in [0.25, 0.3) is 0 Å². The molecule has 4 nitrogen and oxygen atoms in total.